The molecule has 2 aromatic heterocycles. The minimum atomic E-state index is -0.314. The van der Waals surface area contributed by atoms with Gasteiger partial charge in [0.05, 0.1) is 6.61 Å². The summed E-state index contributed by atoms with van der Waals surface area (Å²) in [6.07, 6.45) is 1.55. The highest BCUT2D eigenvalue weighted by Gasteiger charge is 2.13. The number of aryl methyl sites for hydroxylation is 1. The number of ether oxygens (including phenoxy) is 2. The molecule has 0 radical (unpaired) electrons. The van der Waals surface area contributed by atoms with E-state index in [9.17, 15) is 4.79 Å². The molecule has 2 N–H and O–H groups in total. The lowest BCUT2D eigenvalue weighted by Gasteiger charge is -2.15. The van der Waals surface area contributed by atoms with Gasteiger partial charge in [-0.3, -0.25) is 9.48 Å². The molecule has 0 aliphatic rings. The standard InChI is InChI=1S/C24H23N7O3/c1-16(15-33-3)34-21-13-18(12-20(14-21)24(32)25-22-9-10-31(2)28-22)8-7-17-5-4-6-19(11-17)23-26-29-30-27-23/h4-6,9-14,16H,15H2,1-3H3,(H,25,28,32)(H,26,27,29,30)/t16-/m0/s1. The number of carbonyl (C=O) groups is 1. The van der Waals surface area contributed by atoms with Gasteiger partial charge in [-0.05, 0) is 42.5 Å². The molecular weight excluding hydrogens is 434 g/mol. The highest BCUT2D eigenvalue weighted by molar-refractivity contribution is 6.04. The maximum absolute atomic E-state index is 12.9. The van der Waals surface area contributed by atoms with E-state index in [2.05, 4.69) is 42.9 Å². The fraction of sp³-hybridized carbons (Fsp3) is 0.208. The topological polar surface area (TPSA) is 120 Å². The van der Waals surface area contributed by atoms with Crippen LogP contribution in [0.2, 0.25) is 0 Å². The molecule has 1 amide bonds. The molecule has 0 saturated carbocycles. The van der Waals surface area contributed by atoms with Crippen molar-refractivity contribution in [3.05, 3.63) is 71.4 Å². The number of hydrogen-bond acceptors (Lipinski definition) is 7. The van der Waals surface area contributed by atoms with Crippen LogP contribution in [0.3, 0.4) is 0 Å². The number of rotatable bonds is 7. The number of aromatic nitrogens is 6. The summed E-state index contributed by atoms with van der Waals surface area (Å²) in [6.45, 7) is 2.30. The molecule has 2 heterocycles. The fourth-order valence-electron chi connectivity index (χ4n) is 3.21. The average molecular weight is 457 g/mol. The lowest BCUT2D eigenvalue weighted by molar-refractivity contribution is 0.0917. The van der Waals surface area contributed by atoms with Crippen LogP contribution < -0.4 is 10.1 Å². The Hall–Kier alpha value is -4.49. The molecule has 10 nitrogen and oxygen atoms in total. The largest absolute Gasteiger partial charge is 0.488 e. The number of nitrogens with zero attached hydrogens (tertiary/aromatic N) is 5. The van der Waals surface area contributed by atoms with E-state index in [4.69, 9.17) is 9.47 Å². The molecule has 4 rings (SSSR count). The smallest absolute Gasteiger partial charge is 0.257 e. The molecule has 0 spiro atoms. The summed E-state index contributed by atoms with van der Waals surface area (Å²) in [5, 5.41) is 21.0. The Bertz CT molecular complexity index is 1340. The van der Waals surface area contributed by atoms with Gasteiger partial charge in [0.2, 0.25) is 5.82 Å². The van der Waals surface area contributed by atoms with Crippen LogP contribution in [0.15, 0.2) is 54.7 Å². The normalized spacial score (nSPS) is 11.4. The molecule has 10 heteroatoms. The highest BCUT2D eigenvalue weighted by atomic mass is 16.5. The first-order valence-electron chi connectivity index (χ1n) is 10.5. The second-order valence-electron chi connectivity index (χ2n) is 7.52. The molecule has 34 heavy (non-hydrogen) atoms. The zero-order valence-electron chi connectivity index (χ0n) is 18.9. The minimum absolute atomic E-state index is 0.202. The number of benzene rings is 2. The Morgan fingerprint density at radius 3 is 2.76 bits per heavy atom. The molecular formula is C24H23N7O3. The Morgan fingerprint density at radius 1 is 1.18 bits per heavy atom. The lowest BCUT2D eigenvalue weighted by atomic mass is 10.1. The van der Waals surface area contributed by atoms with Gasteiger partial charge in [0.1, 0.15) is 11.9 Å². The number of carbonyl (C=O) groups excluding carboxylic acids is 1. The van der Waals surface area contributed by atoms with Gasteiger partial charge in [0, 0.05) is 48.7 Å². The monoisotopic (exact) mass is 457 g/mol. The van der Waals surface area contributed by atoms with Gasteiger partial charge < -0.3 is 14.8 Å². The van der Waals surface area contributed by atoms with Gasteiger partial charge in [0.15, 0.2) is 5.82 Å². The first kappa shape index (κ1) is 22.7. The number of H-pyrrole nitrogens is 1. The molecule has 0 fully saturated rings. The van der Waals surface area contributed by atoms with Crippen LogP contribution in [0, 0.1) is 11.8 Å². The maximum Gasteiger partial charge on any atom is 0.257 e. The van der Waals surface area contributed by atoms with Crippen LogP contribution >= 0.6 is 0 Å². The minimum Gasteiger partial charge on any atom is -0.488 e. The molecule has 0 saturated heterocycles. The maximum atomic E-state index is 12.9. The lowest BCUT2D eigenvalue weighted by Crippen LogP contribution is -2.19. The molecule has 0 aliphatic carbocycles. The van der Waals surface area contributed by atoms with E-state index in [0.29, 0.717) is 35.1 Å². The van der Waals surface area contributed by atoms with E-state index in [-0.39, 0.29) is 12.0 Å². The van der Waals surface area contributed by atoms with Crippen molar-refractivity contribution < 1.29 is 14.3 Å². The van der Waals surface area contributed by atoms with Crippen LogP contribution in [-0.4, -0.2) is 56.1 Å². The zero-order valence-corrected chi connectivity index (χ0v) is 18.9. The number of methoxy groups -OCH3 is 1. The first-order chi connectivity index (χ1) is 16.5. The van der Waals surface area contributed by atoms with Crippen molar-refractivity contribution in [2.45, 2.75) is 13.0 Å². The number of amides is 1. The average Bonchev–Trinajstić information content (AvgIpc) is 3.50. The van der Waals surface area contributed by atoms with Crippen molar-refractivity contribution >= 4 is 11.7 Å². The predicted octanol–water partition coefficient (Wildman–Crippen LogP) is 2.67. The van der Waals surface area contributed by atoms with Crippen LogP contribution in [0.1, 0.15) is 28.4 Å². The second kappa shape index (κ2) is 10.4. The third-order valence-electron chi connectivity index (χ3n) is 4.68. The van der Waals surface area contributed by atoms with Gasteiger partial charge in [0.25, 0.3) is 5.91 Å². The summed E-state index contributed by atoms with van der Waals surface area (Å²) >= 11 is 0. The van der Waals surface area contributed by atoms with Crippen molar-refractivity contribution in [2.24, 2.45) is 7.05 Å². The quantitative estimate of drug-likeness (QED) is 0.410. The first-order valence-corrected chi connectivity index (χ1v) is 10.5. The highest BCUT2D eigenvalue weighted by Crippen LogP contribution is 2.20. The Balaban J connectivity index is 1.63. The van der Waals surface area contributed by atoms with Crippen molar-refractivity contribution in [3.8, 4) is 29.0 Å². The summed E-state index contributed by atoms with van der Waals surface area (Å²) in [6, 6.07) is 14.4. The molecule has 2 aromatic carbocycles. The van der Waals surface area contributed by atoms with Gasteiger partial charge >= 0.3 is 0 Å². The van der Waals surface area contributed by atoms with Crippen molar-refractivity contribution in [1.29, 1.82) is 0 Å². The molecule has 0 bridgehead atoms. The van der Waals surface area contributed by atoms with E-state index in [1.807, 2.05) is 31.2 Å². The number of anilines is 1. The Labute approximate surface area is 196 Å². The van der Waals surface area contributed by atoms with Crippen molar-refractivity contribution in [1.82, 2.24) is 30.4 Å². The number of nitrogens with one attached hydrogen (secondary N) is 2. The van der Waals surface area contributed by atoms with E-state index in [1.54, 1.807) is 49.3 Å². The van der Waals surface area contributed by atoms with Crippen LogP contribution in [0.25, 0.3) is 11.4 Å². The summed E-state index contributed by atoms with van der Waals surface area (Å²) < 4.78 is 12.7. The fourth-order valence-corrected chi connectivity index (χ4v) is 3.21. The van der Waals surface area contributed by atoms with Gasteiger partial charge in [-0.15, -0.1) is 10.2 Å². The molecule has 0 aliphatic heterocycles. The van der Waals surface area contributed by atoms with E-state index in [0.717, 1.165) is 11.1 Å². The van der Waals surface area contributed by atoms with E-state index >= 15 is 0 Å². The zero-order chi connectivity index (χ0) is 23.9. The third-order valence-corrected chi connectivity index (χ3v) is 4.68. The Morgan fingerprint density at radius 2 is 2.03 bits per heavy atom. The van der Waals surface area contributed by atoms with Crippen LogP contribution in [0.4, 0.5) is 5.82 Å². The molecule has 172 valence electrons. The van der Waals surface area contributed by atoms with Crippen molar-refractivity contribution in [3.63, 3.8) is 0 Å². The van der Waals surface area contributed by atoms with E-state index in [1.165, 1.54) is 0 Å². The van der Waals surface area contributed by atoms with Crippen LogP contribution in [-0.2, 0) is 11.8 Å². The van der Waals surface area contributed by atoms with Gasteiger partial charge in [-0.25, -0.2) is 0 Å². The molecule has 4 aromatic rings. The predicted molar refractivity (Wildman–Crippen MR) is 125 cm³/mol. The summed E-state index contributed by atoms with van der Waals surface area (Å²) in [4.78, 5) is 12.9. The number of aromatic amines is 1. The number of hydrogen-bond donors (Lipinski definition) is 2. The van der Waals surface area contributed by atoms with E-state index < -0.39 is 0 Å². The molecule has 1 atom stereocenters. The van der Waals surface area contributed by atoms with Crippen molar-refractivity contribution in [2.75, 3.05) is 19.0 Å². The van der Waals surface area contributed by atoms with Crippen LogP contribution in [0.5, 0.6) is 5.75 Å². The van der Waals surface area contributed by atoms with Gasteiger partial charge in [-0.1, -0.05) is 24.0 Å². The number of tetrazole rings is 1. The Kier molecular flexibility index (Phi) is 6.95. The summed E-state index contributed by atoms with van der Waals surface area (Å²) in [5.41, 5.74) is 2.58. The SMILES string of the molecule is COC[C@H](C)Oc1cc(C#Cc2cccc(-c3nn[nH]n3)c2)cc(C(=O)Nc2ccn(C)n2)c1. The summed E-state index contributed by atoms with van der Waals surface area (Å²) in [7, 11) is 3.39. The summed E-state index contributed by atoms with van der Waals surface area (Å²) in [5.74, 6) is 7.39. The third kappa shape index (κ3) is 5.85. The molecule has 0 unspecified atom stereocenters. The second-order valence-corrected chi connectivity index (χ2v) is 7.52. The van der Waals surface area contributed by atoms with Gasteiger partial charge in [-0.2, -0.15) is 10.3 Å².